The zero-order valence-electron chi connectivity index (χ0n) is 16.3. The third-order valence-corrected chi connectivity index (χ3v) is 4.77. The molecule has 0 fully saturated rings. The van der Waals surface area contributed by atoms with E-state index < -0.39 is 0 Å². The van der Waals surface area contributed by atoms with Crippen molar-refractivity contribution in [2.45, 2.75) is 6.42 Å². The van der Waals surface area contributed by atoms with Crippen LogP contribution in [0.3, 0.4) is 0 Å². The normalized spacial score (nSPS) is 10.2. The third kappa shape index (κ3) is 5.18. The highest BCUT2D eigenvalue weighted by molar-refractivity contribution is 5.78. The highest BCUT2D eigenvalue weighted by atomic mass is 14.7. The molecule has 0 aliphatic heterocycles. The van der Waals surface area contributed by atoms with E-state index in [4.69, 9.17) is 0 Å². The number of hydrogen-bond acceptors (Lipinski definition) is 1. The topological polar surface area (TPSA) is 12.9 Å². The SMILES string of the molecule is c1ccc(-c2ccccc2)cc1.c1ccc(Cc2ccc3ccccc3n2)cc1. The maximum atomic E-state index is 4.67. The fourth-order valence-corrected chi connectivity index (χ4v) is 3.27. The van der Waals surface area contributed by atoms with Gasteiger partial charge < -0.3 is 0 Å². The van der Waals surface area contributed by atoms with Gasteiger partial charge in [0.25, 0.3) is 0 Å². The second-order valence-electron chi connectivity index (χ2n) is 6.89. The van der Waals surface area contributed by atoms with Crippen LogP contribution >= 0.6 is 0 Å². The zero-order chi connectivity index (χ0) is 19.7. The van der Waals surface area contributed by atoms with Crippen molar-refractivity contribution < 1.29 is 0 Å². The largest absolute Gasteiger partial charge is 0.252 e. The molecule has 140 valence electrons. The van der Waals surface area contributed by atoms with Crippen LogP contribution in [0.4, 0.5) is 0 Å². The molecule has 0 aliphatic rings. The van der Waals surface area contributed by atoms with Gasteiger partial charge in [-0.3, -0.25) is 4.98 Å². The Labute approximate surface area is 172 Å². The van der Waals surface area contributed by atoms with Crippen molar-refractivity contribution in [1.82, 2.24) is 4.98 Å². The van der Waals surface area contributed by atoms with Gasteiger partial charge in [-0.25, -0.2) is 0 Å². The molecule has 0 N–H and O–H groups in total. The predicted molar refractivity (Wildman–Crippen MR) is 123 cm³/mol. The standard InChI is InChI=1S/C16H13N.C12H10/c1-2-6-13(7-3-1)12-15-11-10-14-8-4-5-9-16(14)17-15;1-3-7-11(8-4-1)12-9-5-2-6-10-12/h1-11H,12H2;1-10H. The van der Waals surface area contributed by atoms with Crippen LogP contribution in [0.1, 0.15) is 11.3 Å². The van der Waals surface area contributed by atoms with E-state index in [0.717, 1.165) is 17.6 Å². The summed E-state index contributed by atoms with van der Waals surface area (Å²) in [6, 6.07) is 43.7. The van der Waals surface area contributed by atoms with E-state index in [9.17, 15) is 0 Å². The van der Waals surface area contributed by atoms with Crippen LogP contribution in [0.15, 0.2) is 127 Å². The van der Waals surface area contributed by atoms with Crippen LogP contribution in [0.2, 0.25) is 0 Å². The number of hydrogen-bond donors (Lipinski definition) is 0. The maximum absolute atomic E-state index is 4.67. The fourth-order valence-electron chi connectivity index (χ4n) is 3.27. The van der Waals surface area contributed by atoms with Crippen LogP contribution in [0.25, 0.3) is 22.0 Å². The fraction of sp³-hybridized carbons (Fsp3) is 0.0357. The lowest BCUT2D eigenvalue weighted by molar-refractivity contribution is 1.10. The number of nitrogens with zero attached hydrogens (tertiary/aromatic N) is 1. The Kier molecular flexibility index (Phi) is 6.09. The maximum Gasteiger partial charge on any atom is 0.0705 e. The van der Waals surface area contributed by atoms with Crippen LogP contribution < -0.4 is 0 Å². The first-order chi connectivity index (χ1) is 14.4. The summed E-state index contributed by atoms with van der Waals surface area (Å²) in [4.78, 5) is 4.67. The van der Waals surface area contributed by atoms with Gasteiger partial charge in [0.2, 0.25) is 0 Å². The molecule has 0 bridgehead atoms. The molecule has 0 atom stereocenters. The Morgan fingerprint density at radius 1 is 0.448 bits per heavy atom. The molecule has 4 aromatic carbocycles. The van der Waals surface area contributed by atoms with Gasteiger partial charge in [0, 0.05) is 17.5 Å². The van der Waals surface area contributed by atoms with Crippen LogP contribution in [0, 0.1) is 0 Å². The predicted octanol–water partition coefficient (Wildman–Crippen LogP) is 7.18. The lowest BCUT2D eigenvalue weighted by Gasteiger charge is -2.03. The molecule has 1 heterocycles. The van der Waals surface area contributed by atoms with Gasteiger partial charge in [-0.2, -0.15) is 0 Å². The molecule has 1 nitrogen and oxygen atoms in total. The van der Waals surface area contributed by atoms with E-state index in [1.807, 2.05) is 30.3 Å². The van der Waals surface area contributed by atoms with Crippen molar-refractivity contribution in [3.63, 3.8) is 0 Å². The minimum atomic E-state index is 0.895. The number of aromatic nitrogens is 1. The molecule has 0 amide bonds. The molecule has 0 saturated carbocycles. The van der Waals surface area contributed by atoms with Crippen LogP contribution in [-0.4, -0.2) is 4.98 Å². The Bertz CT molecular complexity index is 1110. The van der Waals surface area contributed by atoms with E-state index in [0.29, 0.717) is 0 Å². The van der Waals surface area contributed by atoms with Crippen LogP contribution in [0.5, 0.6) is 0 Å². The van der Waals surface area contributed by atoms with Crippen molar-refractivity contribution in [1.29, 1.82) is 0 Å². The van der Waals surface area contributed by atoms with Gasteiger partial charge in [-0.1, -0.05) is 115 Å². The van der Waals surface area contributed by atoms with E-state index >= 15 is 0 Å². The molecule has 0 spiro atoms. The summed E-state index contributed by atoms with van der Waals surface area (Å²) in [5, 5.41) is 1.20. The average Bonchev–Trinajstić information content (AvgIpc) is 2.81. The summed E-state index contributed by atoms with van der Waals surface area (Å²) in [5.74, 6) is 0. The molecule has 0 saturated heterocycles. The zero-order valence-corrected chi connectivity index (χ0v) is 16.3. The summed E-state index contributed by atoms with van der Waals surface area (Å²) >= 11 is 0. The minimum absolute atomic E-state index is 0.895. The second kappa shape index (κ2) is 9.48. The first-order valence-corrected chi connectivity index (χ1v) is 9.87. The molecule has 0 radical (unpaired) electrons. The Hall–Kier alpha value is -3.71. The average molecular weight is 373 g/mol. The quantitative estimate of drug-likeness (QED) is 0.326. The lowest BCUT2D eigenvalue weighted by atomic mass is 10.1. The third-order valence-electron chi connectivity index (χ3n) is 4.77. The molecule has 1 aromatic heterocycles. The number of benzene rings is 4. The first kappa shape index (κ1) is 18.6. The summed E-state index contributed by atoms with van der Waals surface area (Å²) in [7, 11) is 0. The number of pyridine rings is 1. The lowest BCUT2D eigenvalue weighted by Crippen LogP contribution is -1.92. The highest BCUT2D eigenvalue weighted by Crippen LogP contribution is 2.17. The highest BCUT2D eigenvalue weighted by Gasteiger charge is 1.99. The second-order valence-corrected chi connectivity index (χ2v) is 6.89. The number of para-hydroxylation sites is 1. The summed E-state index contributed by atoms with van der Waals surface area (Å²) in [6.45, 7) is 0. The summed E-state index contributed by atoms with van der Waals surface area (Å²) in [6.07, 6.45) is 0.895. The Balaban J connectivity index is 0.000000150. The molecular weight excluding hydrogens is 350 g/mol. The number of fused-ring (bicyclic) bond motifs is 1. The van der Waals surface area contributed by atoms with Crippen molar-refractivity contribution >= 4 is 10.9 Å². The van der Waals surface area contributed by atoms with E-state index in [2.05, 4.69) is 102 Å². The van der Waals surface area contributed by atoms with Gasteiger partial charge in [0.05, 0.1) is 5.52 Å². The molecule has 29 heavy (non-hydrogen) atoms. The van der Waals surface area contributed by atoms with Crippen molar-refractivity contribution in [3.05, 3.63) is 139 Å². The smallest absolute Gasteiger partial charge is 0.0705 e. The van der Waals surface area contributed by atoms with Gasteiger partial charge in [0.15, 0.2) is 0 Å². The van der Waals surface area contributed by atoms with Crippen LogP contribution in [-0.2, 0) is 6.42 Å². The summed E-state index contributed by atoms with van der Waals surface area (Å²) in [5.41, 5.74) is 6.04. The van der Waals surface area contributed by atoms with Crippen molar-refractivity contribution in [2.75, 3.05) is 0 Å². The Morgan fingerprint density at radius 3 is 1.59 bits per heavy atom. The van der Waals surface area contributed by atoms with Crippen molar-refractivity contribution in [2.24, 2.45) is 0 Å². The molecular formula is C28H23N. The molecule has 5 aromatic rings. The minimum Gasteiger partial charge on any atom is -0.252 e. The monoisotopic (exact) mass is 373 g/mol. The molecule has 1 heteroatoms. The summed E-state index contributed by atoms with van der Waals surface area (Å²) < 4.78 is 0. The van der Waals surface area contributed by atoms with Gasteiger partial charge >= 0.3 is 0 Å². The first-order valence-electron chi connectivity index (χ1n) is 9.87. The van der Waals surface area contributed by atoms with Crippen molar-refractivity contribution in [3.8, 4) is 11.1 Å². The molecule has 5 rings (SSSR count). The van der Waals surface area contributed by atoms with E-state index in [1.54, 1.807) is 0 Å². The molecule has 0 aliphatic carbocycles. The van der Waals surface area contributed by atoms with Gasteiger partial charge in [-0.15, -0.1) is 0 Å². The van der Waals surface area contributed by atoms with Gasteiger partial charge in [-0.05, 0) is 28.8 Å². The Morgan fingerprint density at radius 2 is 0.966 bits per heavy atom. The van der Waals surface area contributed by atoms with E-state index in [-0.39, 0.29) is 0 Å². The number of rotatable bonds is 3. The van der Waals surface area contributed by atoms with Gasteiger partial charge in [0.1, 0.15) is 0 Å². The van der Waals surface area contributed by atoms with E-state index in [1.165, 1.54) is 22.1 Å². The molecule has 0 unspecified atom stereocenters.